The van der Waals surface area contributed by atoms with Crippen LogP contribution in [0.5, 0.6) is 0 Å². The lowest BCUT2D eigenvalue weighted by Crippen LogP contribution is -2.43. The van der Waals surface area contributed by atoms with Gasteiger partial charge in [-0.25, -0.2) is 0 Å². The van der Waals surface area contributed by atoms with E-state index in [1.807, 2.05) is 6.92 Å². The predicted octanol–water partition coefficient (Wildman–Crippen LogP) is 4.02. The first-order valence-corrected chi connectivity index (χ1v) is 9.04. The number of aliphatic hydroxyl groups excluding tert-OH is 1. The van der Waals surface area contributed by atoms with Crippen LogP contribution in [0.25, 0.3) is 0 Å². The largest absolute Gasteiger partial charge is 0.510 e. The summed E-state index contributed by atoms with van der Waals surface area (Å²) in [7, 11) is 0. The second-order valence-electron chi connectivity index (χ2n) is 5.71. The van der Waals surface area contributed by atoms with Crippen LogP contribution in [0.3, 0.4) is 0 Å². The van der Waals surface area contributed by atoms with Crippen molar-refractivity contribution < 1.29 is 19.5 Å². The Bertz CT molecular complexity index is 754. The van der Waals surface area contributed by atoms with Gasteiger partial charge >= 0.3 is 0 Å². The average molecular weight is 399 g/mol. The summed E-state index contributed by atoms with van der Waals surface area (Å²) in [5.74, 6) is -1.14. The molecule has 1 aromatic rings. The molecule has 0 bridgehead atoms. The van der Waals surface area contributed by atoms with Gasteiger partial charge in [-0.05, 0) is 25.5 Å². The molecule has 0 unspecified atom stereocenters. The molecule has 0 aromatic heterocycles. The van der Waals surface area contributed by atoms with Crippen LogP contribution in [-0.4, -0.2) is 47.1 Å². The molecular weight excluding hydrogens is 379 g/mol. The summed E-state index contributed by atoms with van der Waals surface area (Å²) in [6.07, 6.45) is 1.21. The van der Waals surface area contributed by atoms with Crippen LogP contribution < -0.4 is 0 Å². The molecule has 6 nitrogen and oxygen atoms in total. The molecule has 0 aliphatic carbocycles. The van der Waals surface area contributed by atoms with Gasteiger partial charge in [0.2, 0.25) is 0 Å². The molecule has 8 heteroatoms. The van der Waals surface area contributed by atoms with E-state index in [-0.39, 0.29) is 40.0 Å². The Morgan fingerprint density at radius 3 is 2.46 bits per heavy atom. The van der Waals surface area contributed by atoms with E-state index in [0.717, 1.165) is 6.42 Å². The van der Waals surface area contributed by atoms with Crippen molar-refractivity contribution in [2.24, 2.45) is 5.16 Å². The number of hydrogen-bond acceptors (Lipinski definition) is 5. The molecule has 1 aromatic carbocycles. The van der Waals surface area contributed by atoms with Gasteiger partial charge in [0.1, 0.15) is 12.4 Å². The number of Topliss-reactive ketones (excluding diaryl/α,β-unsaturated/α-hetero) is 1. The molecule has 1 N–H and O–H groups in total. The van der Waals surface area contributed by atoms with Crippen LogP contribution >= 0.6 is 23.2 Å². The fraction of sp³-hybridized carbons (Fsp3) is 0.389. The highest BCUT2D eigenvalue weighted by Gasteiger charge is 2.33. The molecule has 1 aliphatic heterocycles. The fourth-order valence-corrected chi connectivity index (χ4v) is 3.22. The minimum Gasteiger partial charge on any atom is -0.510 e. The molecule has 26 heavy (non-hydrogen) atoms. The molecule has 0 radical (unpaired) electrons. The quantitative estimate of drug-likeness (QED) is 0.579. The number of ketones is 1. The van der Waals surface area contributed by atoms with E-state index < -0.39 is 11.7 Å². The highest BCUT2D eigenvalue weighted by Crippen LogP contribution is 2.27. The highest BCUT2D eigenvalue weighted by molar-refractivity contribution is 6.39. The first-order chi connectivity index (χ1) is 12.4. The van der Waals surface area contributed by atoms with Crippen molar-refractivity contribution in [2.45, 2.75) is 26.7 Å². The lowest BCUT2D eigenvalue weighted by Gasteiger charge is -2.28. The normalized spacial score (nSPS) is 15.5. The van der Waals surface area contributed by atoms with E-state index in [2.05, 4.69) is 5.16 Å². The Kier molecular flexibility index (Phi) is 7.06. The molecule has 1 amide bonds. The topological polar surface area (TPSA) is 79.2 Å². The third-order valence-corrected chi connectivity index (χ3v) is 4.42. The van der Waals surface area contributed by atoms with E-state index in [1.165, 1.54) is 4.90 Å². The number of nitrogens with zero attached hydrogens (tertiary/aromatic N) is 2. The zero-order chi connectivity index (χ0) is 19.3. The number of oxime groups is 1. The summed E-state index contributed by atoms with van der Waals surface area (Å²) >= 11 is 12.1. The standard InChI is InChI=1S/C18H20Cl2N2O4/c1-3-6-13(21-26-4-2)17-14(23)9-22(10-15(17)24)18(25)16-11(19)7-5-8-12(16)20/h5,7-8,23H,3-4,6,9-10H2,1-2H3. The second-order valence-corrected chi connectivity index (χ2v) is 6.52. The van der Waals surface area contributed by atoms with Gasteiger partial charge in [0.15, 0.2) is 5.78 Å². The molecule has 1 heterocycles. The minimum atomic E-state index is -0.515. The van der Waals surface area contributed by atoms with Crippen LogP contribution in [0, 0.1) is 0 Å². The van der Waals surface area contributed by atoms with Crippen molar-refractivity contribution in [2.75, 3.05) is 19.7 Å². The molecular formula is C18H20Cl2N2O4. The van der Waals surface area contributed by atoms with Crippen LogP contribution in [-0.2, 0) is 9.63 Å². The summed E-state index contributed by atoms with van der Waals surface area (Å²) in [6, 6.07) is 4.71. The van der Waals surface area contributed by atoms with Crippen molar-refractivity contribution in [3.05, 3.63) is 45.1 Å². The highest BCUT2D eigenvalue weighted by atomic mass is 35.5. The Morgan fingerprint density at radius 1 is 1.27 bits per heavy atom. The smallest absolute Gasteiger partial charge is 0.257 e. The Balaban J connectivity index is 2.33. The number of hydrogen-bond donors (Lipinski definition) is 1. The van der Waals surface area contributed by atoms with E-state index in [1.54, 1.807) is 25.1 Å². The maximum Gasteiger partial charge on any atom is 0.257 e. The van der Waals surface area contributed by atoms with Gasteiger partial charge in [-0.1, -0.05) is 47.8 Å². The summed E-state index contributed by atoms with van der Waals surface area (Å²) in [6.45, 7) is 3.73. The molecule has 0 fully saturated rings. The molecule has 2 rings (SSSR count). The number of aliphatic hydroxyl groups is 1. The van der Waals surface area contributed by atoms with Gasteiger partial charge in [0.05, 0.1) is 40.0 Å². The number of carbonyl (C=O) groups excluding carboxylic acids is 2. The van der Waals surface area contributed by atoms with E-state index >= 15 is 0 Å². The average Bonchev–Trinajstić information content (AvgIpc) is 2.58. The predicted molar refractivity (Wildman–Crippen MR) is 101 cm³/mol. The van der Waals surface area contributed by atoms with Gasteiger partial charge in [-0.15, -0.1) is 0 Å². The number of carbonyl (C=O) groups is 2. The molecule has 1 aliphatic rings. The first kappa shape index (κ1) is 20.3. The van der Waals surface area contributed by atoms with E-state index in [9.17, 15) is 14.7 Å². The lowest BCUT2D eigenvalue weighted by atomic mass is 9.96. The molecule has 0 saturated heterocycles. The van der Waals surface area contributed by atoms with E-state index in [4.69, 9.17) is 28.0 Å². The fourth-order valence-electron chi connectivity index (χ4n) is 2.66. The maximum absolute atomic E-state index is 12.7. The van der Waals surface area contributed by atoms with Gasteiger partial charge in [0, 0.05) is 0 Å². The maximum atomic E-state index is 12.7. The van der Waals surface area contributed by atoms with Gasteiger partial charge < -0.3 is 14.8 Å². The second kappa shape index (κ2) is 9.05. The molecule has 0 atom stereocenters. The Labute approximate surface area is 162 Å². The summed E-state index contributed by atoms with van der Waals surface area (Å²) in [4.78, 5) is 31.6. The number of amides is 1. The molecule has 0 spiro atoms. The van der Waals surface area contributed by atoms with Gasteiger partial charge in [-0.3, -0.25) is 9.59 Å². The Hall–Kier alpha value is -2.05. The Morgan fingerprint density at radius 2 is 1.92 bits per heavy atom. The summed E-state index contributed by atoms with van der Waals surface area (Å²) < 4.78 is 0. The van der Waals surface area contributed by atoms with Crippen LogP contribution in [0.1, 0.15) is 37.0 Å². The van der Waals surface area contributed by atoms with Crippen LogP contribution in [0.4, 0.5) is 0 Å². The molecule has 140 valence electrons. The van der Waals surface area contributed by atoms with Crippen molar-refractivity contribution in [3.8, 4) is 0 Å². The third-order valence-electron chi connectivity index (χ3n) is 3.79. The van der Waals surface area contributed by atoms with Crippen molar-refractivity contribution >= 4 is 40.6 Å². The monoisotopic (exact) mass is 398 g/mol. The third kappa shape index (κ3) is 4.37. The summed E-state index contributed by atoms with van der Waals surface area (Å²) in [5, 5.41) is 14.7. The van der Waals surface area contributed by atoms with Gasteiger partial charge in [-0.2, -0.15) is 0 Å². The van der Waals surface area contributed by atoms with Crippen molar-refractivity contribution in [3.63, 3.8) is 0 Å². The van der Waals surface area contributed by atoms with Gasteiger partial charge in [0.25, 0.3) is 5.91 Å². The number of benzene rings is 1. The lowest BCUT2D eigenvalue weighted by molar-refractivity contribution is -0.116. The number of rotatable bonds is 6. The van der Waals surface area contributed by atoms with Crippen molar-refractivity contribution in [1.29, 1.82) is 0 Å². The molecule has 0 saturated carbocycles. The van der Waals surface area contributed by atoms with Crippen molar-refractivity contribution in [1.82, 2.24) is 4.90 Å². The minimum absolute atomic E-state index is 0.108. The number of halogens is 2. The first-order valence-electron chi connectivity index (χ1n) is 8.28. The summed E-state index contributed by atoms with van der Waals surface area (Å²) in [5.41, 5.74) is 0.617. The zero-order valence-corrected chi connectivity index (χ0v) is 16.1. The van der Waals surface area contributed by atoms with Crippen LogP contribution in [0.15, 0.2) is 34.7 Å². The zero-order valence-electron chi connectivity index (χ0n) is 14.6. The SMILES string of the molecule is CCCC(=NOCC)C1=C(O)CN(C(=O)c2c(Cl)cccc2Cl)CC1=O. The van der Waals surface area contributed by atoms with E-state index in [0.29, 0.717) is 18.7 Å². The van der Waals surface area contributed by atoms with Crippen LogP contribution in [0.2, 0.25) is 10.0 Å².